The van der Waals surface area contributed by atoms with Gasteiger partial charge < -0.3 is 9.30 Å². The Hall–Kier alpha value is -3.17. The third-order valence-corrected chi connectivity index (χ3v) is 5.65. The number of carbonyl (C=O) groups is 1. The van der Waals surface area contributed by atoms with Gasteiger partial charge in [-0.1, -0.05) is 48.7 Å². The number of tetrazole rings is 1. The van der Waals surface area contributed by atoms with Gasteiger partial charge in [-0.05, 0) is 46.7 Å². The summed E-state index contributed by atoms with van der Waals surface area (Å²) in [6.07, 6.45) is 2.67. The standard InChI is InChI=1S/C21H21Cl2N7O2/c1-3-4-5-17-24-19(23)18(21(31)32-2)29(17)12-13-6-8-14(9-7-13)30-15(10-11-16(30)22)20-25-27-28-26-20/h6-11H,3-5,12H2,1-2H3,(H,25,26,27,28). The Kier molecular flexibility index (Phi) is 6.57. The highest BCUT2D eigenvalue weighted by Crippen LogP contribution is 2.27. The molecule has 32 heavy (non-hydrogen) atoms. The molecule has 0 bridgehead atoms. The fraction of sp³-hybridized carbons (Fsp3) is 0.286. The number of hydrogen-bond donors (Lipinski definition) is 1. The van der Waals surface area contributed by atoms with E-state index in [4.69, 9.17) is 27.9 Å². The number of aromatic nitrogens is 7. The van der Waals surface area contributed by atoms with Crippen molar-refractivity contribution < 1.29 is 9.53 Å². The predicted molar refractivity (Wildman–Crippen MR) is 120 cm³/mol. The fourth-order valence-corrected chi connectivity index (χ4v) is 4.04. The van der Waals surface area contributed by atoms with E-state index in [9.17, 15) is 4.79 Å². The molecule has 0 aliphatic heterocycles. The molecule has 0 atom stereocenters. The molecular weight excluding hydrogens is 453 g/mol. The summed E-state index contributed by atoms with van der Waals surface area (Å²) < 4.78 is 8.59. The van der Waals surface area contributed by atoms with Crippen LogP contribution < -0.4 is 0 Å². The van der Waals surface area contributed by atoms with Crippen LogP contribution in [0.15, 0.2) is 36.4 Å². The molecule has 3 aromatic heterocycles. The van der Waals surface area contributed by atoms with E-state index in [0.29, 0.717) is 17.5 Å². The van der Waals surface area contributed by atoms with Crippen LogP contribution in [0.5, 0.6) is 0 Å². The molecule has 4 rings (SSSR count). The molecule has 9 nitrogen and oxygen atoms in total. The van der Waals surface area contributed by atoms with Gasteiger partial charge in [0.2, 0.25) is 0 Å². The first-order valence-corrected chi connectivity index (χ1v) is 10.8. The first-order chi connectivity index (χ1) is 15.5. The number of methoxy groups -OCH3 is 1. The highest BCUT2D eigenvalue weighted by Gasteiger charge is 2.23. The molecule has 0 saturated carbocycles. The van der Waals surface area contributed by atoms with Gasteiger partial charge in [-0.2, -0.15) is 0 Å². The summed E-state index contributed by atoms with van der Waals surface area (Å²) in [6, 6.07) is 11.4. The van der Waals surface area contributed by atoms with E-state index in [1.165, 1.54) is 7.11 Å². The van der Waals surface area contributed by atoms with Gasteiger partial charge in [0, 0.05) is 18.7 Å². The summed E-state index contributed by atoms with van der Waals surface area (Å²) in [6.45, 7) is 2.53. The largest absolute Gasteiger partial charge is 0.464 e. The lowest BCUT2D eigenvalue weighted by Gasteiger charge is -2.13. The molecule has 11 heteroatoms. The molecule has 166 valence electrons. The second-order valence-electron chi connectivity index (χ2n) is 7.14. The molecule has 1 N–H and O–H groups in total. The van der Waals surface area contributed by atoms with E-state index in [-0.39, 0.29) is 10.8 Å². The summed E-state index contributed by atoms with van der Waals surface area (Å²) in [5.74, 6) is 0.763. The Bertz CT molecular complexity index is 1210. The fourth-order valence-electron chi connectivity index (χ4n) is 3.51. The first-order valence-electron chi connectivity index (χ1n) is 10.1. The van der Waals surface area contributed by atoms with Crippen molar-refractivity contribution in [3.05, 3.63) is 63.8 Å². The number of hydrogen-bond acceptors (Lipinski definition) is 6. The van der Waals surface area contributed by atoms with Crippen molar-refractivity contribution in [3.8, 4) is 17.2 Å². The number of esters is 1. The van der Waals surface area contributed by atoms with Crippen molar-refractivity contribution in [2.45, 2.75) is 32.7 Å². The highest BCUT2D eigenvalue weighted by molar-refractivity contribution is 6.32. The van der Waals surface area contributed by atoms with Crippen LogP contribution in [-0.4, -0.2) is 47.8 Å². The molecular formula is C21H21Cl2N7O2. The number of H-pyrrole nitrogens is 1. The summed E-state index contributed by atoms with van der Waals surface area (Å²) in [5.41, 5.74) is 2.82. The van der Waals surface area contributed by atoms with Crippen LogP contribution in [-0.2, 0) is 17.7 Å². The molecule has 0 unspecified atom stereocenters. The monoisotopic (exact) mass is 473 g/mol. The minimum Gasteiger partial charge on any atom is -0.464 e. The van der Waals surface area contributed by atoms with Gasteiger partial charge in [-0.15, -0.1) is 5.10 Å². The van der Waals surface area contributed by atoms with Crippen molar-refractivity contribution in [1.82, 2.24) is 34.7 Å². The zero-order valence-corrected chi connectivity index (χ0v) is 19.1. The molecule has 1 aromatic carbocycles. The molecule has 0 radical (unpaired) electrons. The maximum absolute atomic E-state index is 12.3. The summed E-state index contributed by atoms with van der Waals surface area (Å²) in [5, 5.41) is 14.7. The molecule has 0 aliphatic rings. The maximum atomic E-state index is 12.3. The second-order valence-corrected chi connectivity index (χ2v) is 7.89. The lowest BCUT2D eigenvalue weighted by Crippen LogP contribution is -2.14. The maximum Gasteiger partial charge on any atom is 0.357 e. The molecule has 0 saturated heterocycles. The second kappa shape index (κ2) is 9.54. The van der Waals surface area contributed by atoms with E-state index in [1.807, 2.05) is 39.5 Å². The predicted octanol–water partition coefficient (Wildman–Crippen LogP) is 4.34. The molecule has 3 heterocycles. The van der Waals surface area contributed by atoms with Gasteiger partial charge in [0.05, 0.1) is 12.8 Å². The number of benzene rings is 1. The average molecular weight is 474 g/mol. The summed E-state index contributed by atoms with van der Waals surface area (Å²) in [4.78, 5) is 16.7. The molecule has 0 aliphatic carbocycles. The van der Waals surface area contributed by atoms with Crippen molar-refractivity contribution in [3.63, 3.8) is 0 Å². The minimum absolute atomic E-state index is 0.156. The number of aryl methyl sites for hydroxylation is 1. The van der Waals surface area contributed by atoms with Gasteiger partial charge in [-0.3, -0.25) is 4.57 Å². The Morgan fingerprint density at radius 1 is 1.16 bits per heavy atom. The van der Waals surface area contributed by atoms with Crippen LogP contribution in [0.2, 0.25) is 10.3 Å². The van der Waals surface area contributed by atoms with E-state index < -0.39 is 5.97 Å². The molecule has 0 spiro atoms. The third kappa shape index (κ3) is 4.26. The van der Waals surface area contributed by atoms with Gasteiger partial charge in [0.1, 0.15) is 11.0 Å². The minimum atomic E-state index is -0.508. The van der Waals surface area contributed by atoms with E-state index in [0.717, 1.165) is 42.0 Å². The Balaban J connectivity index is 1.66. The topological polar surface area (TPSA) is 104 Å². The molecule has 0 amide bonds. The van der Waals surface area contributed by atoms with Crippen LogP contribution >= 0.6 is 23.2 Å². The lowest BCUT2D eigenvalue weighted by atomic mass is 10.2. The van der Waals surface area contributed by atoms with Crippen LogP contribution in [0.3, 0.4) is 0 Å². The molecule has 0 fully saturated rings. The van der Waals surface area contributed by atoms with Crippen molar-refractivity contribution in [2.24, 2.45) is 0 Å². The Labute approximate surface area is 194 Å². The number of unbranched alkanes of at least 4 members (excludes halogenated alkanes) is 1. The average Bonchev–Trinajstić information content (AvgIpc) is 3.52. The Morgan fingerprint density at radius 3 is 2.59 bits per heavy atom. The van der Waals surface area contributed by atoms with Crippen molar-refractivity contribution in [2.75, 3.05) is 7.11 Å². The number of halogens is 2. The van der Waals surface area contributed by atoms with E-state index in [2.05, 4.69) is 32.5 Å². The normalized spacial score (nSPS) is 11.1. The van der Waals surface area contributed by atoms with Crippen LogP contribution in [0, 0.1) is 0 Å². The van der Waals surface area contributed by atoms with Gasteiger partial charge in [-0.25, -0.2) is 14.9 Å². The van der Waals surface area contributed by atoms with E-state index >= 15 is 0 Å². The lowest BCUT2D eigenvalue weighted by molar-refractivity contribution is 0.0589. The number of carbonyl (C=O) groups excluding carboxylic acids is 1. The highest BCUT2D eigenvalue weighted by atomic mass is 35.5. The number of nitrogens with one attached hydrogen (secondary N) is 1. The first kappa shape index (κ1) is 22.0. The number of rotatable bonds is 8. The zero-order valence-electron chi connectivity index (χ0n) is 17.5. The summed E-state index contributed by atoms with van der Waals surface area (Å²) >= 11 is 12.7. The smallest absolute Gasteiger partial charge is 0.357 e. The SMILES string of the molecule is CCCCc1nc(Cl)c(C(=O)OC)n1Cc1ccc(-n2c(Cl)ccc2-c2nnn[nH]2)cc1. The van der Waals surface area contributed by atoms with Crippen LogP contribution in [0.1, 0.15) is 41.6 Å². The number of nitrogens with zero attached hydrogens (tertiary/aromatic N) is 6. The number of imidazole rings is 1. The van der Waals surface area contributed by atoms with Gasteiger partial charge in [0.25, 0.3) is 0 Å². The zero-order chi connectivity index (χ0) is 22.7. The summed E-state index contributed by atoms with van der Waals surface area (Å²) in [7, 11) is 1.33. The van der Waals surface area contributed by atoms with E-state index in [1.54, 1.807) is 6.07 Å². The quantitative estimate of drug-likeness (QED) is 0.381. The van der Waals surface area contributed by atoms with Gasteiger partial charge >= 0.3 is 5.97 Å². The van der Waals surface area contributed by atoms with Gasteiger partial charge in [0.15, 0.2) is 16.7 Å². The Morgan fingerprint density at radius 2 is 1.94 bits per heavy atom. The molecule has 4 aromatic rings. The van der Waals surface area contributed by atoms with Crippen molar-refractivity contribution >= 4 is 29.2 Å². The van der Waals surface area contributed by atoms with Crippen LogP contribution in [0.4, 0.5) is 0 Å². The number of ether oxygens (including phenoxy) is 1. The third-order valence-electron chi connectivity index (χ3n) is 5.09. The number of aromatic amines is 1. The van der Waals surface area contributed by atoms with Crippen LogP contribution in [0.25, 0.3) is 17.2 Å². The van der Waals surface area contributed by atoms with Crippen molar-refractivity contribution in [1.29, 1.82) is 0 Å².